The second kappa shape index (κ2) is 17.8. The van der Waals surface area contributed by atoms with Crippen molar-refractivity contribution in [2.24, 2.45) is 29.4 Å². The van der Waals surface area contributed by atoms with Crippen LogP contribution in [0.3, 0.4) is 0 Å². The normalized spacial score (nSPS) is 25.7. The topological polar surface area (TPSA) is 211 Å². The molecule has 1 saturated carbocycles. The number of imidazole rings is 1. The number of aromatic nitrogens is 4. The molecule has 8 rings (SSSR count). The van der Waals surface area contributed by atoms with Gasteiger partial charge in [-0.2, -0.15) is 0 Å². The highest BCUT2D eigenvalue weighted by Crippen LogP contribution is 2.32. The fraction of sp³-hybridized carbons (Fsp3) is 0.512. The summed E-state index contributed by atoms with van der Waals surface area (Å²) in [5.41, 5.74) is 14.9. The highest BCUT2D eigenvalue weighted by Gasteiger charge is 2.40. The lowest BCUT2D eigenvalue weighted by molar-refractivity contribution is -0.135. The molecule has 1 aliphatic carbocycles. The van der Waals surface area contributed by atoms with Crippen LogP contribution in [0.2, 0.25) is 0 Å². The van der Waals surface area contributed by atoms with Gasteiger partial charge in [-0.15, -0.1) is 0 Å². The number of anilines is 1. The van der Waals surface area contributed by atoms with E-state index in [1.807, 2.05) is 24.3 Å². The molecule has 2 aromatic heterocycles. The van der Waals surface area contributed by atoms with Gasteiger partial charge in [0.2, 0.25) is 11.8 Å². The maximum atomic E-state index is 13.4. The Morgan fingerprint density at radius 2 is 1.87 bits per heavy atom. The molecule has 5 fully saturated rings. The van der Waals surface area contributed by atoms with Gasteiger partial charge >= 0.3 is 5.69 Å². The number of amides is 3. The lowest BCUT2D eigenvalue weighted by atomic mass is 9.86. The van der Waals surface area contributed by atoms with Crippen molar-refractivity contribution in [2.75, 3.05) is 57.3 Å². The molecule has 1 aromatic carbocycles. The number of morpholine rings is 1. The lowest BCUT2D eigenvalue weighted by Crippen LogP contribution is -2.48. The quantitative estimate of drug-likeness (QED) is 0.0977. The largest absolute Gasteiger partial charge is 0.404 e. The van der Waals surface area contributed by atoms with Crippen molar-refractivity contribution in [2.45, 2.75) is 76.1 Å². The summed E-state index contributed by atoms with van der Waals surface area (Å²) in [5.74, 6) is 6.99. The van der Waals surface area contributed by atoms with Gasteiger partial charge < -0.3 is 31.3 Å². The SMILES string of the molecule is C/C(N)=C(/C=NC1CCC(CN2CCN(CC#Cc3cccc4c3n(C)c(=O)n4C3CCC(=O)NC3=O)CC2)CC1)NC(=O)/C(=C/N)c1nccc(N2C[C@H]3C[C@@H]2CO3)n1. The van der Waals surface area contributed by atoms with E-state index in [-0.39, 0.29) is 54.0 Å². The molecule has 17 heteroatoms. The number of para-hydroxylation sites is 1. The molecule has 3 atom stereocenters. The molecule has 5 aliphatic rings. The minimum Gasteiger partial charge on any atom is -0.404 e. The number of piperidine rings is 1. The van der Waals surface area contributed by atoms with Crippen molar-refractivity contribution >= 4 is 46.4 Å². The summed E-state index contributed by atoms with van der Waals surface area (Å²) in [6, 6.07) is 7.12. The number of rotatable bonds is 10. The second-order valence-corrected chi connectivity index (χ2v) is 16.5. The third-order valence-corrected chi connectivity index (χ3v) is 12.5. The van der Waals surface area contributed by atoms with Gasteiger partial charge in [-0.1, -0.05) is 17.9 Å². The first kappa shape index (κ1) is 40.9. The predicted molar refractivity (Wildman–Crippen MR) is 227 cm³/mol. The number of benzene rings is 1. The molecule has 6 N–H and O–H groups in total. The van der Waals surface area contributed by atoms with Gasteiger partial charge in [0.15, 0.2) is 5.82 Å². The van der Waals surface area contributed by atoms with Crippen LogP contribution in [0.1, 0.15) is 69.3 Å². The van der Waals surface area contributed by atoms with E-state index in [0.717, 1.165) is 82.8 Å². The Balaban J connectivity index is 0.788. The van der Waals surface area contributed by atoms with E-state index in [2.05, 4.69) is 47.1 Å². The number of ether oxygens (including phenoxy) is 1. The number of allylic oxidation sites excluding steroid dienone is 2. The molecule has 0 spiro atoms. The summed E-state index contributed by atoms with van der Waals surface area (Å²) in [6.45, 7) is 8.66. The number of piperazine rings is 1. The number of nitrogens with one attached hydrogen (secondary N) is 2. The van der Waals surface area contributed by atoms with Crippen LogP contribution in [0.5, 0.6) is 0 Å². The molecule has 2 bridgehead atoms. The van der Waals surface area contributed by atoms with Gasteiger partial charge in [-0.05, 0) is 69.6 Å². The number of imide groups is 1. The zero-order valence-electron chi connectivity index (χ0n) is 34.3. The molecule has 0 radical (unpaired) electrons. The molecule has 316 valence electrons. The molecular weight excluding hydrogens is 765 g/mol. The monoisotopic (exact) mass is 818 g/mol. The second-order valence-electron chi connectivity index (χ2n) is 16.5. The minimum absolute atomic E-state index is 0.150. The Bertz CT molecular complexity index is 2350. The summed E-state index contributed by atoms with van der Waals surface area (Å²) in [6.07, 6.45) is 10.3. The number of fused-ring (bicyclic) bond motifs is 3. The number of aliphatic imine (C=N–C) groups is 1. The molecule has 4 aliphatic heterocycles. The third-order valence-electron chi connectivity index (χ3n) is 12.5. The van der Waals surface area contributed by atoms with Gasteiger partial charge in [0.25, 0.3) is 5.91 Å². The van der Waals surface area contributed by atoms with E-state index in [4.69, 9.17) is 21.2 Å². The summed E-state index contributed by atoms with van der Waals surface area (Å²) >= 11 is 0. The Morgan fingerprint density at radius 3 is 2.57 bits per heavy atom. The number of hydrogen-bond donors (Lipinski definition) is 4. The van der Waals surface area contributed by atoms with E-state index < -0.39 is 17.9 Å². The highest BCUT2D eigenvalue weighted by atomic mass is 16.5. The fourth-order valence-electron chi connectivity index (χ4n) is 9.16. The van der Waals surface area contributed by atoms with E-state index in [1.54, 1.807) is 30.9 Å². The summed E-state index contributed by atoms with van der Waals surface area (Å²) in [4.78, 5) is 72.0. The van der Waals surface area contributed by atoms with Gasteiger partial charge in [-0.25, -0.2) is 14.8 Å². The van der Waals surface area contributed by atoms with Crippen LogP contribution in [-0.2, 0) is 26.2 Å². The molecule has 17 nitrogen and oxygen atoms in total. The first-order valence-corrected chi connectivity index (χ1v) is 21.0. The van der Waals surface area contributed by atoms with Crippen molar-refractivity contribution in [1.82, 2.24) is 39.5 Å². The smallest absolute Gasteiger partial charge is 0.329 e. The van der Waals surface area contributed by atoms with Gasteiger partial charge in [0.05, 0.1) is 59.2 Å². The van der Waals surface area contributed by atoms with Crippen molar-refractivity contribution in [3.05, 3.63) is 69.9 Å². The first-order valence-electron chi connectivity index (χ1n) is 21.0. The molecular formula is C43H54N12O5. The first-order chi connectivity index (χ1) is 29.1. The van der Waals surface area contributed by atoms with Gasteiger partial charge in [-0.3, -0.25) is 38.7 Å². The molecule has 4 saturated heterocycles. The van der Waals surface area contributed by atoms with E-state index in [0.29, 0.717) is 41.5 Å². The fourth-order valence-corrected chi connectivity index (χ4v) is 9.16. The zero-order valence-corrected chi connectivity index (χ0v) is 34.3. The van der Waals surface area contributed by atoms with Crippen molar-refractivity contribution < 1.29 is 19.1 Å². The molecule has 3 aromatic rings. The standard InChI is InChI=1S/C43H54N12O5/c1-27(45)34(48-41(57)33(22-44)40-46-15-14-37(49-40)54-25-32-21-31(54)26-60-32)23-47-30-10-8-28(9-11-30)24-53-19-17-52(18-20-53)16-4-6-29-5-3-7-35-39(29)51(2)43(59)55(35)36-12-13-38(56)50-42(36)58/h3,5,7,14-15,22-23,28,30-32,36H,8-13,16-21,24-26,44-45H2,1-2H3,(H,48,57)(H,50,56,58)/b33-22+,34-27+,47-23?/t28?,30?,31-,32-,36?/m1/s1. The van der Waals surface area contributed by atoms with Crippen LogP contribution in [0, 0.1) is 17.8 Å². The Morgan fingerprint density at radius 1 is 1.08 bits per heavy atom. The number of nitrogens with zero attached hydrogens (tertiary/aromatic N) is 8. The summed E-state index contributed by atoms with van der Waals surface area (Å²) in [5, 5.41) is 5.25. The third kappa shape index (κ3) is 8.72. The van der Waals surface area contributed by atoms with Crippen LogP contribution in [0.25, 0.3) is 16.6 Å². The molecule has 1 unspecified atom stereocenters. The maximum absolute atomic E-state index is 13.4. The minimum atomic E-state index is -0.731. The Kier molecular flexibility index (Phi) is 12.1. The molecule has 3 amide bonds. The van der Waals surface area contributed by atoms with Crippen LogP contribution >= 0.6 is 0 Å². The van der Waals surface area contributed by atoms with E-state index in [9.17, 15) is 19.2 Å². The average molecular weight is 819 g/mol. The maximum Gasteiger partial charge on any atom is 0.329 e. The van der Waals surface area contributed by atoms with E-state index >= 15 is 0 Å². The van der Waals surface area contributed by atoms with Crippen LogP contribution in [0.15, 0.2) is 57.8 Å². The number of nitrogens with two attached hydrogens (primary N) is 2. The van der Waals surface area contributed by atoms with Crippen LogP contribution in [-0.4, -0.2) is 123 Å². The lowest BCUT2D eigenvalue weighted by Gasteiger charge is -2.37. The average Bonchev–Trinajstić information content (AvgIpc) is 3.95. The number of carbonyl (C=O) groups is 3. The zero-order chi connectivity index (χ0) is 41.9. The van der Waals surface area contributed by atoms with Crippen LogP contribution in [0.4, 0.5) is 5.82 Å². The number of aryl methyl sites for hydroxylation is 1. The Hall–Kier alpha value is -5.83. The van der Waals surface area contributed by atoms with Crippen molar-refractivity contribution in [3.63, 3.8) is 0 Å². The van der Waals surface area contributed by atoms with Crippen molar-refractivity contribution in [3.8, 4) is 11.8 Å². The highest BCUT2D eigenvalue weighted by molar-refractivity contribution is 6.19. The number of hydrogen-bond acceptors (Lipinski definition) is 13. The summed E-state index contributed by atoms with van der Waals surface area (Å²) < 4.78 is 8.75. The number of carbonyl (C=O) groups excluding carboxylic acids is 3. The van der Waals surface area contributed by atoms with Crippen LogP contribution < -0.4 is 32.7 Å². The predicted octanol–water partition coefficient (Wildman–Crippen LogP) is 0.990. The van der Waals surface area contributed by atoms with Gasteiger partial charge in [0, 0.05) is 77.0 Å². The van der Waals surface area contributed by atoms with Gasteiger partial charge in [0.1, 0.15) is 11.9 Å². The van der Waals surface area contributed by atoms with Crippen molar-refractivity contribution in [1.29, 1.82) is 0 Å². The Labute approximate surface area is 348 Å². The molecule has 6 heterocycles. The van der Waals surface area contributed by atoms with E-state index in [1.165, 1.54) is 10.8 Å². The summed E-state index contributed by atoms with van der Waals surface area (Å²) in [7, 11) is 1.69. The molecule has 60 heavy (non-hydrogen) atoms.